The van der Waals surface area contributed by atoms with E-state index in [2.05, 4.69) is 49.0 Å². The summed E-state index contributed by atoms with van der Waals surface area (Å²) in [6.07, 6.45) is 7.73. The Bertz CT molecular complexity index is 633. The zero-order valence-corrected chi connectivity index (χ0v) is 16.0. The molecule has 5 heteroatoms. The van der Waals surface area contributed by atoms with Crippen molar-refractivity contribution in [1.29, 1.82) is 0 Å². The third-order valence-electron chi connectivity index (χ3n) is 5.53. The van der Waals surface area contributed by atoms with Crippen molar-refractivity contribution in [1.82, 2.24) is 15.3 Å². The summed E-state index contributed by atoms with van der Waals surface area (Å²) in [5.74, 6) is 0.826. The van der Waals surface area contributed by atoms with Crippen molar-refractivity contribution in [2.24, 2.45) is 5.41 Å². The van der Waals surface area contributed by atoms with Gasteiger partial charge in [0.2, 0.25) is 5.95 Å². The molecule has 1 unspecified atom stereocenters. The smallest absolute Gasteiger partial charge is 0.225 e. The molecule has 0 bridgehead atoms. The van der Waals surface area contributed by atoms with E-state index in [1.165, 1.54) is 16.8 Å². The molecule has 1 saturated heterocycles. The van der Waals surface area contributed by atoms with Crippen LogP contribution in [0, 0.1) is 5.41 Å². The van der Waals surface area contributed by atoms with Crippen LogP contribution in [0.3, 0.4) is 0 Å². The Morgan fingerprint density at radius 1 is 1.40 bits per heavy atom. The van der Waals surface area contributed by atoms with Crippen LogP contribution in [0.5, 0.6) is 0 Å². The average molecular weight is 345 g/mol. The molecule has 1 aromatic rings. The minimum atomic E-state index is -0.170. The molecule has 0 amide bonds. The van der Waals surface area contributed by atoms with Gasteiger partial charge in [0.05, 0.1) is 11.8 Å². The summed E-state index contributed by atoms with van der Waals surface area (Å²) in [6, 6.07) is 0.311. The molecule has 2 heterocycles. The molecule has 1 aromatic heterocycles. The molecule has 0 spiro atoms. The number of aromatic nitrogens is 2. The monoisotopic (exact) mass is 344 g/mol. The SMILES string of the molecule is C/C=C(\C)CNC1CC(C)(C)Cc2nc(N3CCC(O)CC3)ncc21. The molecule has 1 aliphatic carbocycles. The Morgan fingerprint density at radius 3 is 2.80 bits per heavy atom. The maximum absolute atomic E-state index is 9.71. The van der Waals surface area contributed by atoms with Crippen LogP contribution in [0.1, 0.15) is 64.3 Å². The van der Waals surface area contributed by atoms with Crippen molar-refractivity contribution < 1.29 is 5.11 Å². The lowest BCUT2D eigenvalue weighted by Gasteiger charge is -2.37. The van der Waals surface area contributed by atoms with Crippen molar-refractivity contribution in [2.75, 3.05) is 24.5 Å². The Morgan fingerprint density at radius 2 is 2.12 bits per heavy atom. The molecule has 0 radical (unpaired) electrons. The second-order valence-corrected chi connectivity index (χ2v) is 8.40. The minimum absolute atomic E-state index is 0.170. The second kappa shape index (κ2) is 7.42. The Hall–Kier alpha value is -1.46. The number of nitrogens with zero attached hydrogens (tertiary/aromatic N) is 3. The zero-order chi connectivity index (χ0) is 18.0. The number of hydrogen-bond acceptors (Lipinski definition) is 5. The van der Waals surface area contributed by atoms with E-state index < -0.39 is 0 Å². The number of piperidine rings is 1. The van der Waals surface area contributed by atoms with Gasteiger partial charge in [0, 0.05) is 37.4 Å². The van der Waals surface area contributed by atoms with Gasteiger partial charge in [-0.05, 0) is 44.9 Å². The number of nitrogens with one attached hydrogen (secondary N) is 1. The van der Waals surface area contributed by atoms with Crippen LogP contribution in [-0.4, -0.2) is 40.8 Å². The fourth-order valence-electron chi connectivity index (χ4n) is 3.82. The third-order valence-corrected chi connectivity index (χ3v) is 5.53. The first-order valence-corrected chi connectivity index (χ1v) is 9.52. The average Bonchev–Trinajstić information content (AvgIpc) is 2.58. The van der Waals surface area contributed by atoms with Crippen molar-refractivity contribution >= 4 is 5.95 Å². The molecule has 1 atom stereocenters. The summed E-state index contributed by atoms with van der Waals surface area (Å²) in [5.41, 5.74) is 4.03. The van der Waals surface area contributed by atoms with Crippen molar-refractivity contribution in [2.45, 2.75) is 65.5 Å². The summed E-state index contributed by atoms with van der Waals surface area (Å²) in [4.78, 5) is 11.8. The lowest BCUT2D eigenvalue weighted by atomic mass is 9.74. The predicted octanol–water partition coefficient (Wildman–Crippen LogP) is 3.01. The number of fused-ring (bicyclic) bond motifs is 1. The number of rotatable bonds is 4. The molecular formula is C20H32N4O. The van der Waals surface area contributed by atoms with E-state index in [-0.39, 0.29) is 11.5 Å². The second-order valence-electron chi connectivity index (χ2n) is 8.40. The number of anilines is 1. The predicted molar refractivity (Wildman–Crippen MR) is 102 cm³/mol. The quantitative estimate of drug-likeness (QED) is 0.822. The fourth-order valence-corrected chi connectivity index (χ4v) is 3.82. The van der Waals surface area contributed by atoms with Gasteiger partial charge in [0.1, 0.15) is 0 Å². The van der Waals surface area contributed by atoms with E-state index in [1.54, 1.807) is 0 Å². The van der Waals surface area contributed by atoms with Crippen LogP contribution in [0.4, 0.5) is 5.95 Å². The highest BCUT2D eigenvalue weighted by atomic mass is 16.3. The van der Waals surface area contributed by atoms with Crippen molar-refractivity contribution in [3.63, 3.8) is 0 Å². The van der Waals surface area contributed by atoms with Gasteiger partial charge in [-0.1, -0.05) is 25.5 Å². The standard InChI is InChI=1S/C20H32N4O/c1-5-14(2)12-21-17-10-20(3,4)11-18-16(17)13-22-19(23-18)24-8-6-15(25)7-9-24/h5,13,15,17,21,25H,6-12H2,1-4H3/b14-5+. The first-order valence-electron chi connectivity index (χ1n) is 9.52. The zero-order valence-electron chi connectivity index (χ0n) is 16.0. The molecule has 5 nitrogen and oxygen atoms in total. The van der Waals surface area contributed by atoms with Gasteiger partial charge in [0.25, 0.3) is 0 Å². The van der Waals surface area contributed by atoms with Crippen molar-refractivity contribution in [3.8, 4) is 0 Å². The molecule has 138 valence electrons. The van der Waals surface area contributed by atoms with Crippen LogP contribution in [0.2, 0.25) is 0 Å². The first-order chi connectivity index (χ1) is 11.9. The summed E-state index contributed by atoms with van der Waals surface area (Å²) < 4.78 is 0. The largest absolute Gasteiger partial charge is 0.393 e. The molecule has 25 heavy (non-hydrogen) atoms. The maximum Gasteiger partial charge on any atom is 0.225 e. The fraction of sp³-hybridized carbons (Fsp3) is 0.700. The number of aliphatic hydroxyl groups excluding tert-OH is 1. The molecule has 1 fully saturated rings. The Kier molecular flexibility index (Phi) is 5.44. The van der Waals surface area contributed by atoms with E-state index in [4.69, 9.17) is 4.98 Å². The lowest BCUT2D eigenvalue weighted by molar-refractivity contribution is 0.145. The number of allylic oxidation sites excluding steroid dienone is 1. The van der Waals surface area contributed by atoms with Crippen LogP contribution in [0.25, 0.3) is 0 Å². The van der Waals surface area contributed by atoms with Gasteiger partial charge in [-0.2, -0.15) is 0 Å². The van der Waals surface area contributed by atoms with Crippen LogP contribution in [-0.2, 0) is 6.42 Å². The first kappa shape index (κ1) is 18.3. The van der Waals surface area contributed by atoms with E-state index in [1.807, 2.05) is 6.20 Å². The summed E-state index contributed by atoms with van der Waals surface area (Å²) in [6.45, 7) is 11.5. The highest BCUT2D eigenvalue weighted by molar-refractivity contribution is 5.37. The van der Waals surface area contributed by atoms with E-state index in [0.717, 1.165) is 51.3 Å². The molecule has 2 N–H and O–H groups in total. The lowest BCUT2D eigenvalue weighted by Crippen LogP contribution is -2.38. The minimum Gasteiger partial charge on any atom is -0.393 e. The molecule has 1 aliphatic heterocycles. The van der Waals surface area contributed by atoms with Gasteiger partial charge in [-0.15, -0.1) is 0 Å². The normalized spacial score (nSPS) is 24.3. The van der Waals surface area contributed by atoms with E-state index in [9.17, 15) is 5.11 Å². The van der Waals surface area contributed by atoms with Crippen LogP contribution >= 0.6 is 0 Å². The third kappa shape index (κ3) is 4.39. The Balaban J connectivity index is 1.81. The summed E-state index contributed by atoms with van der Waals surface area (Å²) in [5, 5.41) is 13.4. The highest BCUT2D eigenvalue weighted by Gasteiger charge is 2.34. The molecule has 0 saturated carbocycles. The van der Waals surface area contributed by atoms with Gasteiger partial charge < -0.3 is 15.3 Å². The van der Waals surface area contributed by atoms with Gasteiger partial charge in [-0.3, -0.25) is 0 Å². The van der Waals surface area contributed by atoms with Gasteiger partial charge >= 0.3 is 0 Å². The van der Waals surface area contributed by atoms with Gasteiger partial charge in [-0.25, -0.2) is 9.97 Å². The van der Waals surface area contributed by atoms with Crippen LogP contribution < -0.4 is 10.2 Å². The molecule has 3 rings (SSSR count). The Labute approximate surface area is 151 Å². The number of aliphatic hydroxyl groups is 1. The number of hydrogen-bond donors (Lipinski definition) is 2. The summed E-state index contributed by atoms with van der Waals surface area (Å²) >= 11 is 0. The van der Waals surface area contributed by atoms with Crippen molar-refractivity contribution in [3.05, 3.63) is 29.1 Å². The highest BCUT2D eigenvalue weighted by Crippen LogP contribution is 2.40. The van der Waals surface area contributed by atoms with E-state index >= 15 is 0 Å². The maximum atomic E-state index is 9.71. The molecule has 0 aromatic carbocycles. The summed E-state index contributed by atoms with van der Waals surface area (Å²) in [7, 11) is 0. The molecular weight excluding hydrogens is 312 g/mol. The van der Waals surface area contributed by atoms with Gasteiger partial charge in [0.15, 0.2) is 0 Å². The topological polar surface area (TPSA) is 61.3 Å². The van der Waals surface area contributed by atoms with E-state index in [0.29, 0.717) is 6.04 Å². The van der Waals surface area contributed by atoms with Crippen LogP contribution in [0.15, 0.2) is 17.8 Å². The molecule has 2 aliphatic rings.